The maximum atomic E-state index is 12.4. The van der Waals surface area contributed by atoms with Crippen LogP contribution in [0.2, 0.25) is 0 Å². The minimum Gasteiger partial charge on any atom is -0.336 e. The molecule has 3 heterocycles. The number of aromatic nitrogens is 3. The van der Waals surface area contributed by atoms with Crippen LogP contribution in [0, 0.1) is 0 Å². The number of pyridine rings is 1. The van der Waals surface area contributed by atoms with Gasteiger partial charge in [-0.05, 0) is 49.6 Å². The van der Waals surface area contributed by atoms with Crippen molar-refractivity contribution in [2.24, 2.45) is 0 Å². The molecule has 3 aromatic rings. The van der Waals surface area contributed by atoms with Gasteiger partial charge in [0.05, 0.1) is 6.54 Å². The number of nitrogens with one attached hydrogen (secondary N) is 1. The molecule has 1 aliphatic heterocycles. The fourth-order valence-electron chi connectivity index (χ4n) is 3.93. The van der Waals surface area contributed by atoms with Crippen LogP contribution in [0.4, 0.5) is 4.79 Å². The van der Waals surface area contributed by atoms with Crippen molar-refractivity contribution in [2.75, 3.05) is 26.2 Å². The van der Waals surface area contributed by atoms with Gasteiger partial charge in [0.15, 0.2) is 5.65 Å². The molecule has 0 bridgehead atoms. The van der Waals surface area contributed by atoms with Crippen molar-refractivity contribution in [3.8, 4) is 5.69 Å². The normalized spacial score (nSPS) is 15.9. The van der Waals surface area contributed by atoms with Crippen LogP contribution in [-0.4, -0.2) is 62.6 Å². The lowest BCUT2D eigenvalue weighted by Gasteiger charge is -2.35. The van der Waals surface area contributed by atoms with Crippen LogP contribution < -0.4 is 5.32 Å². The number of benzene rings is 1. The molecule has 164 valence electrons. The van der Waals surface area contributed by atoms with E-state index in [2.05, 4.69) is 57.9 Å². The van der Waals surface area contributed by atoms with Gasteiger partial charge in [0.1, 0.15) is 11.3 Å². The zero-order valence-electron chi connectivity index (χ0n) is 18.7. The monoisotopic (exact) mass is 420 g/mol. The van der Waals surface area contributed by atoms with E-state index in [0.717, 1.165) is 68.2 Å². The lowest BCUT2D eigenvalue weighted by molar-refractivity contribution is 0.131. The first-order valence-corrected chi connectivity index (χ1v) is 11.3. The third kappa shape index (κ3) is 4.71. The Bertz CT molecular complexity index is 1020. The SMILES string of the molecule is CCc1ccc(-n2c(CN3CCN(C(=O)NC(C)CC)CC3)nc3cccnc32)cc1. The number of rotatable bonds is 6. The summed E-state index contributed by atoms with van der Waals surface area (Å²) in [6.45, 7) is 10.1. The number of piperazine rings is 1. The Morgan fingerprint density at radius 2 is 1.84 bits per heavy atom. The Labute approximate surface area is 184 Å². The third-order valence-electron chi connectivity index (χ3n) is 6.10. The van der Waals surface area contributed by atoms with Gasteiger partial charge >= 0.3 is 6.03 Å². The average molecular weight is 421 g/mol. The summed E-state index contributed by atoms with van der Waals surface area (Å²) in [4.78, 5) is 26.2. The van der Waals surface area contributed by atoms with E-state index in [0.29, 0.717) is 0 Å². The molecule has 0 aliphatic carbocycles. The number of carbonyl (C=O) groups excluding carboxylic acids is 1. The summed E-state index contributed by atoms with van der Waals surface area (Å²) in [5, 5.41) is 3.07. The maximum Gasteiger partial charge on any atom is 0.317 e. The first-order valence-electron chi connectivity index (χ1n) is 11.3. The van der Waals surface area contributed by atoms with Gasteiger partial charge in [-0.1, -0.05) is 26.0 Å². The van der Waals surface area contributed by atoms with E-state index in [1.807, 2.05) is 30.2 Å². The highest BCUT2D eigenvalue weighted by Gasteiger charge is 2.24. The van der Waals surface area contributed by atoms with Crippen molar-refractivity contribution in [3.63, 3.8) is 0 Å². The molecule has 0 saturated carbocycles. The van der Waals surface area contributed by atoms with E-state index in [4.69, 9.17) is 4.98 Å². The number of hydrogen-bond donors (Lipinski definition) is 1. The molecular formula is C24H32N6O. The number of imidazole rings is 1. The minimum absolute atomic E-state index is 0.0430. The zero-order valence-corrected chi connectivity index (χ0v) is 18.7. The highest BCUT2D eigenvalue weighted by molar-refractivity contribution is 5.75. The molecule has 1 saturated heterocycles. The second-order valence-corrected chi connectivity index (χ2v) is 8.25. The summed E-state index contributed by atoms with van der Waals surface area (Å²) >= 11 is 0. The van der Waals surface area contributed by atoms with Crippen LogP contribution in [-0.2, 0) is 13.0 Å². The fourth-order valence-corrected chi connectivity index (χ4v) is 3.93. The zero-order chi connectivity index (χ0) is 21.8. The fraction of sp³-hybridized carbons (Fsp3) is 0.458. The molecule has 7 nitrogen and oxygen atoms in total. The highest BCUT2D eigenvalue weighted by Crippen LogP contribution is 2.22. The van der Waals surface area contributed by atoms with Gasteiger partial charge in [0.2, 0.25) is 0 Å². The smallest absolute Gasteiger partial charge is 0.317 e. The molecule has 1 fully saturated rings. The molecule has 7 heteroatoms. The second-order valence-electron chi connectivity index (χ2n) is 8.25. The van der Waals surface area contributed by atoms with E-state index in [1.54, 1.807) is 0 Å². The minimum atomic E-state index is 0.0430. The Morgan fingerprint density at radius 3 is 2.52 bits per heavy atom. The third-order valence-corrected chi connectivity index (χ3v) is 6.10. The quantitative estimate of drug-likeness (QED) is 0.662. The Hall–Kier alpha value is -2.93. The van der Waals surface area contributed by atoms with Crippen LogP contribution >= 0.6 is 0 Å². The van der Waals surface area contributed by atoms with E-state index in [1.165, 1.54) is 5.56 Å². The van der Waals surface area contributed by atoms with Crippen molar-refractivity contribution in [3.05, 3.63) is 54.0 Å². The summed E-state index contributed by atoms with van der Waals surface area (Å²) in [5.41, 5.74) is 4.19. The lowest BCUT2D eigenvalue weighted by Crippen LogP contribution is -2.52. The van der Waals surface area contributed by atoms with Gasteiger partial charge in [-0.15, -0.1) is 0 Å². The van der Waals surface area contributed by atoms with Crippen molar-refractivity contribution in [1.82, 2.24) is 29.7 Å². The van der Waals surface area contributed by atoms with Crippen LogP contribution in [0.1, 0.15) is 38.6 Å². The van der Waals surface area contributed by atoms with E-state index in [-0.39, 0.29) is 12.1 Å². The summed E-state index contributed by atoms with van der Waals surface area (Å²) in [5.74, 6) is 0.982. The van der Waals surface area contributed by atoms with Gasteiger partial charge < -0.3 is 10.2 Å². The summed E-state index contributed by atoms with van der Waals surface area (Å²) < 4.78 is 2.16. The van der Waals surface area contributed by atoms with Crippen molar-refractivity contribution < 1.29 is 4.79 Å². The lowest BCUT2D eigenvalue weighted by atomic mass is 10.1. The first kappa shape index (κ1) is 21.3. The predicted molar refractivity (Wildman–Crippen MR) is 123 cm³/mol. The number of fused-ring (bicyclic) bond motifs is 1. The topological polar surface area (TPSA) is 66.3 Å². The molecule has 1 unspecified atom stereocenters. The number of amides is 2. The van der Waals surface area contributed by atoms with Gasteiger partial charge in [0, 0.05) is 44.1 Å². The predicted octanol–water partition coefficient (Wildman–Crippen LogP) is 3.61. The van der Waals surface area contributed by atoms with E-state index >= 15 is 0 Å². The molecule has 0 spiro atoms. The number of hydrogen-bond acceptors (Lipinski definition) is 4. The summed E-state index contributed by atoms with van der Waals surface area (Å²) in [6, 6.07) is 12.8. The van der Waals surface area contributed by atoms with Crippen molar-refractivity contribution >= 4 is 17.2 Å². The van der Waals surface area contributed by atoms with Crippen molar-refractivity contribution in [1.29, 1.82) is 0 Å². The number of nitrogens with zero attached hydrogens (tertiary/aromatic N) is 5. The van der Waals surface area contributed by atoms with Crippen LogP contribution in [0.5, 0.6) is 0 Å². The number of urea groups is 1. The van der Waals surface area contributed by atoms with Crippen LogP contribution in [0.15, 0.2) is 42.6 Å². The summed E-state index contributed by atoms with van der Waals surface area (Å²) in [6.07, 6.45) is 3.78. The Balaban J connectivity index is 1.51. The van der Waals surface area contributed by atoms with E-state index in [9.17, 15) is 4.79 Å². The molecule has 1 atom stereocenters. The van der Waals surface area contributed by atoms with E-state index < -0.39 is 0 Å². The Morgan fingerprint density at radius 1 is 1.10 bits per heavy atom. The standard InChI is InChI=1S/C24H32N6O/c1-4-18(3)26-24(31)29-15-13-28(14-16-29)17-22-27-21-7-6-12-25-23(21)30(22)20-10-8-19(5-2)9-11-20/h6-12,18H,4-5,13-17H2,1-3H3,(H,26,31). The van der Waals surface area contributed by atoms with Crippen LogP contribution in [0.3, 0.4) is 0 Å². The Kier molecular flexibility index (Phi) is 6.51. The number of carbonyl (C=O) groups is 1. The second kappa shape index (κ2) is 9.47. The van der Waals surface area contributed by atoms with Gasteiger partial charge in [-0.2, -0.15) is 0 Å². The first-order chi connectivity index (χ1) is 15.1. The molecular weight excluding hydrogens is 388 g/mol. The number of aryl methyl sites for hydroxylation is 1. The maximum absolute atomic E-state index is 12.4. The molecule has 1 aromatic carbocycles. The highest BCUT2D eigenvalue weighted by atomic mass is 16.2. The molecule has 4 rings (SSSR count). The average Bonchev–Trinajstić information content (AvgIpc) is 3.17. The molecule has 1 aliphatic rings. The molecule has 31 heavy (non-hydrogen) atoms. The molecule has 2 aromatic heterocycles. The van der Waals surface area contributed by atoms with Gasteiger partial charge in [0.25, 0.3) is 0 Å². The van der Waals surface area contributed by atoms with Crippen LogP contribution in [0.25, 0.3) is 16.9 Å². The molecule has 0 radical (unpaired) electrons. The molecule has 2 amide bonds. The summed E-state index contributed by atoms with van der Waals surface area (Å²) in [7, 11) is 0. The van der Waals surface area contributed by atoms with Gasteiger partial charge in [-0.25, -0.2) is 14.8 Å². The largest absolute Gasteiger partial charge is 0.336 e. The molecule has 1 N–H and O–H groups in total. The van der Waals surface area contributed by atoms with Crippen molar-refractivity contribution in [2.45, 2.75) is 46.2 Å². The van der Waals surface area contributed by atoms with Gasteiger partial charge in [-0.3, -0.25) is 9.47 Å².